The molecule has 1 rings (SSSR count). The average Bonchev–Trinajstić information content (AvgIpc) is 2.41. The minimum atomic E-state index is -0.607. The van der Waals surface area contributed by atoms with Gasteiger partial charge in [0.25, 0.3) is 0 Å². The van der Waals surface area contributed by atoms with Crippen molar-refractivity contribution in [3.63, 3.8) is 0 Å². The molecule has 122 valence electrons. The number of hydrogen-bond acceptors (Lipinski definition) is 5. The van der Waals surface area contributed by atoms with E-state index in [-0.39, 0.29) is 25.0 Å². The summed E-state index contributed by atoms with van der Waals surface area (Å²) in [6, 6.07) is -0.229. The summed E-state index contributed by atoms with van der Waals surface area (Å²) in [5.41, 5.74) is 0. The van der Waals surface area contributed by atoms with Crippen LogP contribution in [0.2, 0.25) is 0 Å². The molecule has 1 fully saturated rings. The fourth-order valence-electron chi connectivity index (χ4n) is 2.47. The van der Waals surface area contributed by atoms with Crippen LogP contribution in [0, 0.1) is 5.92 Å². The Morgan fingerprint density at radius 2 is 2.10 bits per heavy atom. The highest BCUT2D eigenvalue weighted by atomic mass is 16.5. The lowest BCUT2D eigenvalue weighted by atomic mass is 9.91. The van der Waals surface area contributed by atoms with Gasteiger partial charge in [-0.1, -0.05) is 26.7 Å². The average molecular weight is 300 g/mol. The molecule has 0 spiro atoms. The number of ether oxygens (including phenoxy) is 1. The van der Waals surface area contributed by atoms with E-state index in [0.717, 1.165) is 19.3 Å². The summed E-state index contributed by atoms with van der Waals surface area (Å²) in [7, 11) is 1.33. The van der Waals surface area contributed by atoms with Crippen molar-refractivity contribution in [3.05, 3.63) is 0 Å². The molecule has 21 heavy (non-hydrogen) atoms. The number of hydrogen-bond donors (Lipinski definition) is 2. The molecule has 2 atom stereocenters. The molecular weight excluding hydrogens is 272 g/mol. The second-order valence-electron chi connectivity index (χ2n) is 5.73. The third kappa shape index (κ3) is 5.28. The fraction of sp³-hybridized carbons (Fsp3) is 0.867. The van der Waals surface area contributed by atoms with Crippen molar-refractivity contribution >= 4 is 11.9 Å². The molecule has 2 unspecified atom stereocenters. The van der Waals surface area contributed by atoms with Crippen molar-refractivity contribution in [1.29, 1.82) is 0 Å². The van der Waals surface area contributed by atoms with E-state index in [0.29, 0.717) is 12.6 Å². The molecule has 0 saturated heterocycles. The van der Waals surface area contributed by atoms with Gasteiger partial charge in [0.05, 0.1) is 20.3 Å². The van der Waals surface area contributed by atoms with E-state index in [2.05, 4.69) is 5.32 Å². The van der Waals surface area contributed by atoms with Crippen LogP contribution in [-0.2, 0) is 14.3 Å². The van der Waals surface area contributed by atoms with Crippen LogP contribution in [0.25, 0.3) is 0 Å². The number of esters is 1. The van der Waals surface area contributed by atoms with Gasteiger partial charge >= 0.3 is 5.97 Å². The van der Waals surface area contributed by atoms with Crippen molar-refractivity contribution in [1.82, 2.24) is 10.2 Å². The van der Waals surface area contributed by atoms with Gasteiger partial charge in [0.15, 0.2) is 0 Å². The number of rotatable bonds is 9. The highest BCUT2D eigenvalue weighted by Crippen LogP contribution is 2.24. The Morgan fingerprint density at radius 3 is 2.52 bits per heavy atom. The second-order valence-corrected chi connectivity index (χ2v) is 5.73. The zero-order chi connectivity index (χ0) is 15.8. The van der Waals surface area contributed by atoms with E-state index in [9.17, 15) is 9.59 Å². The first-order valence-corrected chi connectivity index (χ1v) is 7.75. The molecule has 0 heterocycles. The fourth-order valence-corrected chi connectivity index (χ4v) is 2.47. The van der Waals surface area contributed by atoms with Crippen LogP contribution < -0.4 is 5.32 Å². The Bertz CT molecular complexity index is 345. The maximum Gasteiger partial charge on any atom is 0.328 e. The third-order valence-corrected chi connectivity index (χ3v) is 4.31. The lowest BCUT2D eigenvalue weighted by Gasteiger charge is -2.37. The summed E-state index contributed by atoms with van der Waals surface area (Å²) in [5.74, 6) is -0.572. The third-order valence-electron chi connectivity index (χ3n) is 4.31. The molecule has 0 aromatic carbocycles. The van der Waals surface area contributed by atoms with Gasteiger partial charge in [-0.25, -0.2) is 4.79 Å². The Hall–Kier alpha value is -1.14. The highest BCUT2D eigenvalue weighted by Gasteiger charge is 2.30. The first-order valence-electron chi connectivity index (χ1n) is 7.75. The zero-order valence-electron chi connectivity index (χ0n) is 13.3. The van der Waals surface area contributed by atoms with E-state index in [4.69, 9.17) is 9.84 Å². The smallest absolute Gasteiger partial charge is 0.328 e. The molecule has 6 heteroatoms. The van der Waals surface area contributed by atoms with Crippen LogP contribution in [0.15, 0.2) is 0 Å². The van der Waals surface area contributed by atoms with Crippen LogP contribution in [-0.4, -0.2) is 60.8 Å². The number of aliphatic hydroxyl groups excluding tert-OH is 1. The first-order chi connectivity index (χ1) is 10.0. The van der Waals surface area contributed by atoms with Crippen molar-refractivity contribution in [3.8, 4) is 0 Å². The monoisotopic (exact) mass is 300 g/mol. The van der Waals surface area contributed by atoms with Crippen molar-refractivity contribution < 1.29 is 19.4 Å². The Balaban J connectivity index is 2.56. The molecule has 1 aliphatic carbocycles. The SMILES string of the molecule is CCC(C)C(NC(=O)CN(CCO)C1CCC1)C(=O)OC. The number of amides is 1. The molecular formula is C15H28N2O4. The van der Waals surface area contributed by atoms with E-state index >= 15 is 0 Å². The standard InChI is InChI=1S/C15H28N2O4/c1-4-11(2)14(15(20)21-3)16-13(19)10-17(8-9-18)12-6-5-7-12/h11-12,14,18H,4-10H2,1-3H3,(H,16,19). The predicted molar refractivity (Wildman–Crippen MR) is 79.7 cm³/mol. The summed E-state index contributed by atoms with van der Waals surface area (Å²) >= 11 is 0. The topological polar surface area (TPSA) is 78.9 Å². The number of nitrogens with zero attached hydrogens (tertiary/aromatic N) is 1. The van der Waals surface area contributed by atoms with Gasteiger partial charge in [-0.2, -0.15) is 0 Å². The van der Waals surface area contributed by atoms with Crippen molar-refractivity contribution in [2.24, 2.45) is 5.92 Å². The van der Waals surface area contributed by atoms with Gasteiger partial charge < -0.3 is 15.2 Å². The van der Waals surface area contributed by atoms with Gasteiger partial charge in [-0.05, 0) is 18.8 Å². The van der Waals surface area contributed by atoms with Gasteiger partial charge in [0, 0.05) is 12.6 Å². The Morgan fingerprint density at radius 1 is 1.43 bits per heavy atom. The van der Waals surface area contributed by atoms with Crippen LogP contribution in [0.1, 0.15) is 39.5 Å². The van der Waals surface area contributed by atoms with Gasteiger partial charge in [0.2, 0.25) is 5.91 Å². The molecule has 0 aromatic heterocycles. The summed E-state index contributed by atoms with van der Waals surface area (Å²) in [4.78, 5) is 25.9. The van der Waals surface area contributed by atoms with Crippen molar-refractivity contribution in [2.45, 2.75) is 51.6 Å². The van der Waals surface area contributed by atoms with Gasteiger partial charge in [0.1, 0.15) is 6.04 Å². The molecule has 1 saturated carbocycles. The summed E-state index contributed by atoms with van der Waals surface area (Å²) in [6.07, 6.45) is 4.09. The van der Waals surface area contributed by atoms with Crippen LogP contribution >= 0.6 is 0 Å². The number of nitrogens with one attached hydrogen (secondary N) is 1. The maximum absolute atomic E-state index is 12.2. The minimum absolute atomic E-state index is 0.0244. The second kappa shape index (κ2) is 9.00. The van der Waals surface area contributed by atoms with Crippen molar-refractivity contribution in [2.75, 3.05) is 26.8 Å². The molecule has 0 radical (unpaired) electrons. The van der Waals surface area contributed by atoms with E-state index in [1.807, 2.05) is 18.7 Å². The molecule has 6 nitrogen and oxygen atoms in total. The molecule has 0 aromatic rings. The number of carbonyl (C=O) groups is 2. The number of methoxy groups -OCH3 is 1. The molecule has 0 aliphatic heterocycles. The predicted octanol–water partition coefficient (Wildman–Crippen LogP) is 0.537. The zero-order valence-corrected chi connectivity index (χ0v) is 13.3. The van der Waals surface area contributed by atoms with E-state index in [1.165, 1.54) is 13.5 Å². The van der Waals surface area contributed by atoms with E-state index in [1.54, 1.807) is 0 Å². The summed E-state index contributed by atoms with van der Waals surface area (Å²) in [5, 5.41) is 11.9. The van der Waals surface area contributed by atoms with Gasteiger partial charge in [-0.15, -0.1) is 0 Å². The minimum Gasteiger partial charge on any atom is -0.467 e. The molecule has 1 amide bonds. The van der Waals surface area contributed by atoms with Crippen LogP contribution in [0.5, 0.6) is 0 Å². The molecule has 0 bridgehead atoms. The van der Waals surface area contributed by atoms with Crippen LogP contribution in [0.4, 0.5) is 0 Å². The summed E-state index contributed by atoms with van der Waals surface area (Å²) in [6.45, 7) is 4.63. The largest absolute Gasteiger partial charge is 0.467 e. The normalized spacial score (nSPS) is 18.0. The summed E-state index contributed by atoms with van der Waals surface area (Å²) < 4.78 is 4.76. The lowest BCUT2D eigenvalue weighted by molar-refractivity contribution is -0.146. The first kappa shape index (κ1) is 17.9. The Labute approximate surface area is 126 Å². The van der Waals surface area contributed by atoms with Crippen LogP contribution in [0.3, 0.4) is 0 Å². The highest BCUT2D eigenvalue weighted by molar-refractivity contribution is 5.85. The maximum atomic E-state index is 12.2. The Kier molecular flexibility index (Phi) is 7.67. The quantitative estimate of drug-likeness (QED) is 0.608. The molecule has 2 N–H and O–H groups in total. The van der Waals surface area contributed by atoms with Gasteiger partial charge in [-0.3, -0.25) is 9.69 Å². The lowest BCUT2D eigenvalue weighted by Crippen LogP contribution is -2.52. The van der Waals surface area contributed by atoms with E-state index < -0.39 is 12.0 Å². The number of aliphatic hydroxyl groups is 1. The molecule has 1 aliphatic rings. The number of carbonyl (C=O) groups excluding carboxylic acids is 2.